The molecule has 2 atom stereocenters. The van der Waals surface area contributed by atoms with Crippen LogP contribution in [0.5, 0.6) is 0 Å². The van der Waals surface area contributed by atoms with Gasteiger partial charge < -0.3 is 10.6 Å². The molecule has 1 heterocycles. The van der Waals surface area contributed by atoms with Gasteiger partial charge in [-0.15, -0.1) is 0 Å². The van der Waals surface area contributed by atoms with Crippen LogP contribution >= 0.6 is 0 Å². The molecule has 2 unspecified atom stereocenters. The van der Waals surface area contributed by atoms with Crippen molar-refractivity contribution in [2.45, 2.75) is 58.4 Å². The molecule has 1 amide bonds. The fourth-order valence-corrected chi connectivity index (χ4v) is 3.18. The molecule has 2 rings (SSSR count). The van der Waals surface area contributed by atoms with E-state index in [9.17, 15) is 4.79 Å². The van der Waals surface area contributed by atoms with Gasteiger partial charge in [0.2, 0.25) is 5.91 Å². The fraction of sp³-hybridized carbons (Fsp3) is 0.929. The monoisotopic (exact) mass is 238 g/mol. The highest BCUT2D eigenvalue weighted by Gasteiger charge is 2.37. The highest BCUT2D eigenvalue weighted by Crippen LogP contribution is 2.32. The first-order valence-electron chi connectivity index (χ1n) is 7.04. The lowest BCUT2D eigenvalue weighted by Gasteiger charge is -2.27. The molecular weight excluding hydrogens is 212 g/mol. The van der Waals surface area contributed by atoms with Crippen molar-refractivity contribution in [3.8, 4) is 0 Å². The topological polar surface area (TPSA) is 46.3 Å². The highest BCUT2D eigenvalue weighted by atomic mass is 16.2. The van der Waals surface area contributed by atoms with E-state index in [4.69, 9.17) is 5.73 Å². The van der Waals surface area contributed by atoms with E-state index < -0.39 is 0 Å². The van der Waals surface area contributed by atoms with Crippen LogP contribution in [0.3, 0.4) is 0 Å². The molecule has 0 bridgehead atoms. The van der Waals surface area contributed by atoms with E-state index in [0.717, 1.165) is 32.4 Å². The summed E-state index contributed by atoms with van der Waals surface area (Å²) in [6, 6.07) is 0.0914. The molecule has 0 aromatic carbocycles. The number of hydrogen-bond donors (Lipinski definition) is 1. The van der Waals surface area contributed by atoms with Gasteiger partial charge in [-0.2, -0.15) is 0 Å². The first-order valence-corrected chi connectivity index (χ1v) is 7.04. The molecular formula is C14H26N2O. The van der Waals surface area contributed by atoms with Gasteiger partial charge in [-0.05, 0) is 24.7 Å². The van der Waals surface area contributed by atoms with Crippen LogP contribution in [0.1, 0.15) is 52.4 Å². The molecule has 0 aromatic heterocycles. The Kier molecular flexibility index (Phi) is 3.76. The van der Waals surface area contributed by atoms with Crippen LogP contribution in [0.15, 0.2) is 0 Å². The SMILES string of the molecule is CC1(C)CCN(C(=O)C2CCCCCC2N)C1. The van der Waals surface area contributed by atoms with Gasteiger partial charge in [0.05, 0.1) is 5.92 Å². The van der Waals surface area contributed by atoms with E-state index in [1.807, 2.05) is 0 Å². The molecule has 98 valence electrons. The van der Waals surface area contributed by atoms with Crippen molar-refractivity contribution in [3.05, 3.63) is 0 Å². The van der Waals surface area contributed by atoms with Crippen molar-refractivity contribution in [1.29, 1.82) is 0 Å². The third-order valence-corrected chi connectivity index (χ3v) is 4.38. The fourth-order valence-electron chi connectivity index (χ4n) is 3.18. The summed E-state index contributed by atoms with van der Waals surface area (Å²) in [5.74, 6) is 0.413. The average Bonchev–Trinajstić information content (AvgIpc) is 2.49. The smallest absolute Gasteiger partial charge is 0.227 e. The van der Waals surface area contributed by atoms with Gasteiger partial charge in [0.1, 0.15) is 0 Å². The molecule has 0 radical (unpaired) electrons. The maximum atomic E-state index is 12.5. The lowest BCUT2D eigenvalue weighted by Crippen LogP contribution is -2.43. The second-order valence-electron chi connectivity index (χ2n) is 6.58. The zero-order chi connectivity index (χ0) is 12.5. The predicted molar refractivity (Wildman–Crippen MR) is 69.5 cm³/mol. The van der Waals surface area contributed by atoms with Crippen molar-refractivity contribution in [2.75, 3.05) is 13.1 Å². The molecule has 1 saturated heterocycles. The van der Waals surface area contributed by atoms with Gasteiger partial charge in [0.15, 0.2) is 0 Å². The van der Waals surface area contributed by atoms with Crippen LogP contribution < -0.4 is 5.73 Å². The van der Waals surface area contributed by atoms with E-state index in [0.29, 0.717) is 11.3 Å². The normalized spacial score (nSPS) is 33.5. The van der Waals surface area contributed by atoms with Crippen LogP contribution in [0.4, 0.5) is 0 Å². The van der Waals surface area contributed by atoms with Crippen LogP contribution in [-0.2, 0) is 4.79 Å². The summed E-state index contributed by atoms with van der Waals surface area (Å²) in [4.78, 5) is 14.5. The first kappa shape index (κ1) is 12.9. The van der Waals surface area contributed by atoms with Crippen LogP contribution in [-0.4, -0.2) is 29.9 Å². The second-order valence-corrected chi connectivity index (χ2v) is 6.58. The standard InChI is InChI=1S/C14H26N2O/c1-14(2)8-9-16(10-14)13(17)11-6-4-3-5-7-12(11)15/h11-12H,3-10,15H2,1-2H3. The average molecular weight is 238 g/mol. The summed E-state index contributed by atoms with van der Waals surface area (Å²) in [7, 11) is 0. The summed E-state index contributed by atoms with van der Waals surface area (Å²) >= 11 is 0. The minimum absolute atomic E-state index is 0.0893. The Hall–Kier alpha value is -0.570. The molecule has 2 aliphatic rings. The van der Waals surface area contributed by atoms with Crippen LogP contribution in [0.25, 0.3) is 0 Å². The van der Waals surface area contributed by atoms with E-state index in [1.165, 1.54) is 19.3 Å². The molecule has 0 spiro atoms. The molecule has 1 saturated carbocycles. The number of nitrogens with zero attached hydrogens (tertiary/aromatic N) is 1. The second kappa shape index (κ2) is 4.97. The maximum absolute atomic E-state index is 12.5. The third-order valence-electron chi connectivity index (χ3n) is 4.38. The number of rotatable bonds is 1. The number of amides is 1. The third kappa shape index (κ3) is 3.01. The Balaban J connectivity index is 1.99. The highest BCUT2D eigenvalue weighted by molar-refractivity contribution is 5.80. The van der Waals surface area contributed by atoms with Gasteiger partial charge in [-0.1, -0.05) is 33.1 Å². The summed E-state index contributed by atoms with van der Waals surface area (Å²) in [6.45, 7) is 6.32. The van der Waals surface area contributed by atoms with Crippen LogP contribution in [0.2, 0.25) is 0 Å². The largest absolute Gasteiger partial charge is 0.342 e. The molecule has 2 fully saturated rings. The maximum Gasteiger partial charge on any atom is 0.227 e. The van der Waals surface area contributed by atoms with E-state index >= 15 is 0 Å². The van der Waals surface area contributed by atoms with Crippen molar-refractivity contribution < 1.29 is 4.79 Å². The van der Waals surface area contributed by atoms with Crippen LogP contribution in [0, 0.1) is 11.3 Å². The van der Waals surface area contributed by atoms with Crippen molar-refractivity contribution in [3.63, 3.8) is 0 Å². The van der Waals surface area contributed by atoms with Gasteiger partial charge in [0, 0.05) is 19.1 Å². The Morgan fingerprint density at radius 1 is 1.24 bits per heavy atom. The molecule has 2 N–H and O–H groups in total. The summed E-state index contributed by atoms with van der Waals surface area (Å²) in [6.07, 6.45) is 6.74. The Morgan fingerprint density at radius 3 is 2.59 bits per heavy atom. The lowest BCUT2D eigenvalue weighted by molar-refractivity contribution is -0.135. The number of likely N-dealkylation sites (tertiary alicyclic amines) is 1. The molecule has 1 aliphatic heterocycles. The van der Waals surface area contributed by atoms with Crippen molar-refractivity contribution in [2.24, 2.45) is 17.1 Å². The van der Waals surface area contributed by atoms with Gasteiger partial charge in [-0.25, -0.2) is 0 Å². The van der Waals surface area contributed by atoms with Gasteiger partial charge >= 0.3 is 0 Å². The molecule has 3 nitrogen and oxygen atoms in total. The Labute approximate surface area is 105 Å². The minimum atomic E-state index is 0.0893. The zero-order valence-electron chi connectivity index (χ0n) is 11.2. The number of carbonyl (C=O) groups excluding carboxylic acids is 1. The Morgan fingerprint density at radius 2 is 1.94 bits per heavy atom. The quantitative estimate of drug-likeness (QED) is 0.712. The minimum Gasteiger partial charge on any atom is -0.342 e. The molecule has 17 heavy (non-hydrogen) atoms. The number of carbonyl (C=O) groups is 1. The lowest BCUT2D eigenvalue weighted by atomic mass is 9.92. The zero-order valence-corrected chi connectivity index (χ0v) is 11.2. The van der Waals surface area contributed by atoms with Crippen molar-refractivity contribution >= 4 is 5.91 Å². The first-order chi connectivity index (χ1) is 7.99. The molecule has 3 heteroatoms. The summed E-state index contributed by atoms with van der Waals surface area (Å²) in [5.41, 5.74) is 6.46. The Bertz CT molecular complexity index is 288. The van der Waals surface area contributed by atoms with Gasteiger partial charge in [0.25, 0.3) is 0 Å². The van der Waals surface area contributed by atoms with E-state index in [2.05, 4.69) is 18.7 Å². The summed E-state index contributed by atoms with van der Waals surface area (Å²) < 4.78 is 0. The molecule has 0 aromatic rings. The van der Waals surface area contributed by atoms with E-state index in [1.54, 1.807) is 0 Å². The summed E-state index contributed by atoms with van der Waals surface area (Å²) in [5, 5.41) is 0. The number of hydrogen-bond acceptors (Lipinski definition) is 2. The van der Waals surface area contributed by atoms with E-state index in [-0.39, 0.29) is 12.0 Å². The van der Waals surface area contributed by atoms with Gasteiger partial charge in [-0.3, -0.25) is 4.79 Å². The predicted octanol–water partition coefficient (Wildman–Crippen LogP) is 2.15. The number of nitrogens with two attached hydrogens (primary N) is 1. The molecule has 1 aliphatic carbocycles. The van der Waals surface area contributed by atoms with Crippen molar-refractivity contribution in [1.82, 2.24) is 4.90 Å².